The Morgan fingerprint density at radius 1 is 1.15 bits per heavy atom. The average Bonchev–Trinajstić information content (AvgIpc) is 3.08. The molecule has 3 N–H and O–H groups in total. The van der Waals surface area contributed by atoms with Crippen molar-refractivity contribution in [1.82, 2.24) is 15.3 Å². The molecule has 0 spiro atoms. The van der Waals surface area contributed by atoms with Gasteiger partial charge in [-0.3, -0.25) is 19.7 Å². The van der Waals surface area contributed by atoms with Crippen molar-refractivity contribution in [3.8, 4) is 0 Å². The molecule has 9 heteroatoms. The first kappa shape index (κ1) is 18.8. The number of carbonyl (C=O) groups excluding carboxylic acids is 2. The van der Waals surface area contributed by atoms with E-state index in [0.29, 0.717) is 28.0 Å². The van der Waals surface area contributed by atoms with Crippen molar-refractivity contribution < 1.29 is 9.59 Å². The standard InChI is InChI=1S/C18H15ClN4O3S/c19-13-4-1-11(2-5-13)8-20-16(25)7-14-10-27-18(22-14)23-17(26)12-3-6-15(24)21-9-12/h1-6,9-10H,7-8H2,(H,20,25)(H,21,24)(H,22,23,26). The van der Waals surface area contributed by atoms with Crippen LogP contribution in [0, 0.1) is 0 Å². The minimum atomic E-state index is -0.390. The van der Waals surface area contributed by atoms with Gasteiger partial charge in [0.25, 0.3) is 5.91 Å². The van der Waals surface area contributed by atoms with Crippen LogP contribution in [0.25, 0.3) is 0 Å². The predicted octanol–water partition coefficient (Wildman–Crippen LogP) is 2.60. The van der Waals surface area contributed by atoms with E-state index in [0.717, 1.165) is 5.56 Å². The fourth-order valence-electron chi connectivity index (χ4n) is 2.20. The van der Waals surface area contributed by atoms with Crippen molar-refractivity contribution in [2.24, 2.45) is 0 Å². The number of halogens is 1. The van der Waals surface area contributed by atoms with Crippen LogP contribution >= 0.6 is 22.9 Å². The molecule has 3 rings (SSSR count). The zero-order chi connectivity index (χ0) is 19.2. The number of nitrogens with zero attached hydrogens (tertiary/aromatic N) is 1. The van der Waals surface area contributed by atoms with Gasteiger partial charge in [-0.05, 0) is 23.8 Å². The summed E-state index contributed by atoms with van der Waals surface area (Å²) in [5.41, 5.74) is 1.53. The van der Waals surface area contributed by atoms with Crippen LogP contribution in [-0.4, -0.2) is 21.8 Å². The van der Waals surface area contributed by atoms with Gasteiger partial charge < -0.3 is 10.3 Å². The molecule has 0 saturated carbocycles. The highest BCUT2D eigenvalue weighted by Crippen LogP contribution is 2.17. The topological polar surface area (TPSA) is 104 Å². The zero-order valence-corrected chi connectivity index (χ0v) is 15.6. The molecule has 2 aromatic heterocycles. The highest BCUT2D eigenvalue weighted by molar-refractivity contribution is 7.14. The van der Waals surface area contributed by atoms with Crippen LogP contribution in [0.15, 0.2) is 52.8 Å². The summed E-state index contributed by atoms with van der Waals surface area (Å²) >= 11 is 7.05. The number of rotatable bonds is 6. The maximum atomic E-state index is 12.1. The Balaban J connectivity index is 1.51. The molecule has 7 nitrogen and oxygen atoms in total. The second-order valence-electron chi connectivity index (χ2n) is 5.62. The minimum Gasteiger partial charge on any atom is -0.352 e. The number of benzene rings is 1. The van der Waals surface area contributed by atoms with Gasteiger partial charge >= 0.3 is 0 Å². The molecule has 138 valence electrons. The third kappa shape index (κ3) is 5.50. The number of hydrogen-bond acceptors (Lipinski definition) is 5. The van der Waals surface area contributed by atoms with E-state index in [-0.39, 0.29) is 23.8 Å². The Labute approximate surface area is 163 Å². The summed E-state index contributed by atoms with van der Waals surface area (Å²) in [5.74, 6) is -0.562. The first-order valence-electron chi connectivity index (χ1n) is 7.95. The van der Waals surface area contributed by atoms with E-state index >= 15 is 0 Å². The molecule has 0 fully saturated rings. The van der Waals surface area contributed by atoms with Crippen molar-refractivity contribution in [1.29, 1.82) is 0 Å². The summed E-state index contributed by atoms with van der Waals surface area (Å²) in [4.78, 5) is 41.8. The van der Waals surface area contributed by atoms with Crippen LogP contribution in [0.4, 0.5) is 5.13 Å². The SMILES string of the molecule is O=C(Cc1csc(NC(=O)c2ccc(=O)[nH]c2)n1)NCc1ccc(Cl)cc1. The largest absolute Gasteiger partial charge is 0.352 e. The van der Waals surface area contributed by atoms with Gasteiger partial charge in [-0.1, -0.05) is 23.7 Å². The van der Waals surface area contributed by atoms with E-state index in [1.165, 1.54) is 29.7 Å². The Bertz CT molecular complexity index is 993. The summed E-state index contributed by atoms with van der Waals surface area (Å²) in [6.07, 6.45) is 1.44. The van der Waals surface area contributed by atoms with E-state index in [2.05, 4.69) is 20.6 Å². The second-order valence-corrected chi connectivity index (χ2v) is 6.91. The zero-order valence-electron chi connectivity index (χ0n) is 14.0. The van der Waals surface area contributed by atoms with Gasteiger partial charge in [0.2, 0.25) is 11.5 Å². The Hall–Kier alpha value is -2.97. The lowest BCUT2D eigenvalue weighted by Gasteiger charge is -2.04. The lowest BCUT2D eigenvalue weighted by atomic mass is 10.2. The molecule has 0 aliphatic carbocycles. The maximum Gasteiger partial charge on any atom is 0.258 e. The Morgan fingerprint density at radius 3 is 2.63 bits per heavy atom. The third-order valence-corrected chi connectivity index (χ3v) is 4.62. The van der Waals surface area contributed by atoms with Crippen LogP contribution < -0.4 is 16.2 Å². The minimum absolute atomic E-state index is 0.110. The molecule has 1 aromatic carbocycles. The molecule has 0 aliphatic heterocycles. The molecule has 27 heavy (non-hydrogen) atoms. The summed E-state index contributed by atoms with van der Waals surface area (Å²) in [6, 6.07) is 9.91. The maximum absolute atomic E-state index is 12.1. The normalized spacial score (nSPS) is 10.4. The smallest absolute Gasteiger partial charge is 0.258 e. The molecule has 0 radical (unpaired) electrons. The number of H-pyrrole nitrogens is 1. The molecule has 0 unspecified atom stereocenters. The van der Waals surface area contributed by atoms with Crippen molar-refractivity contribution in [2.45, 2.75) is 13.0 Å². The molecule has 0 saturated heterocycles. The first-order valence-corrected chi connectivity index (χ1v) is 9.21. The highest BCUT2D eigenvalue weighted by atomic mass is 35.5. The number of hydrogen-bond donors (Lipinski definition) is 3. The highest BCUT2D eigenvalue weighted by Gasteiger charge is 2.11. The summed E-state index contributed by atoms with van der Waals surface area (Å²) in [7, 11) is 0. The molecule has 0 atom stereocenters. The second kappa shape index (κ2) is 8.61. The molecule has 0 aliphatic rings. The van der Waals surface area contributed by atoms with E-state index in [4.69, 9.17) is 11.6 Å². The summed E-state index contributed by atoms with van der Waals surface area (Å²) in [5, 5.41) is 8.18. The quantitative estimate of drug-likeness (QED) is 0.589. The number of aromatic nitrogens is 2. The van der Waals surface area contributed by atoms with Crippen LogP contribution in [0.3, 0.4) is 0 Å². The third-order valence-electron chi connectivity index (χ3n) is 3.56. The fourth-order valence-corrected chi connectivity index (χ4v) is 3.03. The Kier molecular flexibility index (Phi) is 6.00. The van der Waals surface area contributed by atoms with Crippen molar-refractivity contribution in [3.05, 3.63) is 80.2 Å². The van der Waals surface area contributed by atoms with Crippen LogP contribution in [0.5, 0.6) is 0 Å². The van der Waals surface area contributed by atoms with E-state index in [1.807, 2.05) is 12.1 Å². The number of thiazole rings is 1. The molecule has 3 aromatic rings. The monoisotopic (exact) mass is 402 g/mol. The van der Waals surface area contributed by atoms with E-state index in [9.17, 15) is 14.4 Å². The fraction of sp³-hybridized carbons (Fsp3) is 0.111. The van der Waals surface area contributed by atoms with Crippen molar-refractivity contribution >= 4 is 39.9 Å². The van der Waals surface area contributed by atoms with Gasteiger partial charge in [0, 0.05) is 29.2 Å². The number of anilines is 1. The van der Waals surface area contributed by atoms with Gasteiger partial charge in [0.05, 0.1) is 17.7 Å². The molecular weight excluding hydrogens is 388 g/mol. The molecule has 2 heterocycles. The summed E-state index contributed by atoms with van der Waals surface area (Å²) in [6.45, 7) is 0.399. The number of amides is 2. The summed E-state index contributed by atoms with van der Waals surface area (Å²) < 4.78 is 0. The van der Waals surface area contributed by atoms with Gasteiger partial charge in [0.1, 0.15) is 0 Å². The average molecular weight is 403 g/mol. The lowest BCUT2D eigenvalue weighted by molar-refractivity contribution is -0.120. The van der Waals surface area contributed by atoms with E-state index < -0.39 is 0 Å². The molecule has 2 amide bonds. The van der Waals surface area contributed by atoms with Crippen molar-refractivity contribution in [2.75, 3.05) is 5.32 Å². The van der Waals surface area contributed by atoms with E-state index in [1.54, 1.807) is 17.5 Å². The number of nitrogens with one attached hydrogen (secondary N) is 3. The Morgan fingerprint density at radius 2 is 1.93 bits per heavy atom. The number of aromatic amines is 1. The van der Waals surface area contributed by atoms with Gasteiger partial charge in [-0.2, -0.15) is 0 Å². The number of pyridine rings is 1. The number of carbonyl (C=O) groups is 2. The van der Waals surface area contributed by atoms with Crippen molar-refractivity contribution in [3.63, 3.8) is 0 Å². The molecular formula is C18H15ClN4O3S. The molecule has 0 bridgehead atoms. The van der Waals surface area contributed by atoms with Gasteiger partial charge in [0.15, 0.2) is 5.13 Å². The van der Waals surface area contributed by atoms with Crippen LogP contribution in [0.2, 0.25) is 5.02 Å². The lowest BCUT2D eigenvalue weighted by Crippen LogP contribution is -2.24. The van der Waals surface area contributed by atoms with Gasteiger partial charge in [-0.15, -0.1) is 11.3 Å². The first-order chi connectivity index (χ1) is 13.0. The predicted molar refractivity (Wildman–Crippen MR) is 104 cm³/mol. The van der Waals surface area contributed by atoms with Gasteiger partial charge in [-0.25, -0.2) is 4.98 Å². The van der Waals surface area contributed by atoms with Crippen LogP contribution in [-0.2, 0) is 17.8 Å². The van der Waals surface area contributed by atoms with Crippen LogP contribution in [0.1, 0.15) is 21.6 Å².